The second kappa shape index (κ2) is 5.34. The molecular weight excluding hydrogens is 292 g/mol. The molecule has 1 N–H and O–H groups in total. The highest BCUT2D eigenvalue weighted by atomic mass is 32.2. The molecule has 102 valence electrons. The van der Waals surface area contributed by atoms with Gasteiger partial charge in [-0.1, -0.05) is 11.8 Å². The van der Waals surface area contributed by atoms with Gasteiger partial charge in [-0.2, -0.15) is 0 Å². The third kappa shape index (κ3) is 2.46. The fourth-order valence-corrected chi connectivity index (χ4v) is 3.58. The Hall–Kier alpha value is -1.73. The van der Waals surface area contributed by atoms with Crippen molar-refractivity contribution in [3.63, 3.8) is 0 Å². The molecule has 0 aliphatic heterocycles. The van der Waals surface area contributed by atoms with Gasteiger partial charge < -0.3 is 4.98 Å². The SMILES string of the molecule is Cc1sc2nc(CSc3ncccn3)[nH]c(=O)c2c1C. The van der Waals surface area contributed by atoms with Gasteiger partial charge >= 0.3 is 0 Å². The number of thioether (sulfide) groups is 1. The fourth-order valence-electron chi connectivity index (χ4n) is 1.86. The molecule has 0 amide bonds. The number of nitrogens with one attached hydrogen (secondary N) is 1. The lowest BCUT2D eigenvalue weighted by Crippen LogP contribution is -2.10. The van der Waals surface area contributed by atoms with Crippen LogP contribution in [0.15, 0.2) is 28.4 Å². The maximum Gasteiger partial charge on any atom is 0.259 e. The van der Waals surface area contributed by atoms with Crippen molar-refractivity contribution in [2.24, 2.45) is 0 Å². The largest absolute Gasteiger partial charge is 0.309 e. The molecule has 0 bridgehead atoms. The Bertz CT molecular complexity index is 810. The van der Waals surface area contributed by atoms with Gasteiger partial charge in [-0.25, -0.2) is 15.0 Å². The van der Waals surface area contributed by atoms with Crippen LogP contribution >= 0.6 is 23.1 Å². The number of aryl methyl sites for hydroxylation is 2. The molecule has 7 heteroatoms. The topological polar surface area (TPSA) is 71.5 Å². The minimum Gasteiger partial charge on any atom is -0.309 e. The molecule has 0 saturated carbocycles. The minimum atomic E-state index is -0.0681. The number of fused-ring (bicyclic) bond motifs is 1. The van der Waals surface area contributed by atoms with Crippen LogP contribution in [-0.2, 0) is 5.75 Å². The van der Waals surface area contributed by atoms with Gasteiger partial charge in [0.05, 0.1) is 11.1 Å². The number of hydrogen-bond acceptors (Lipinski definition) is 6. The van der Waals surface area contributed by atoms with Gasteiger partial charge in [-0.05, 0) is 25.5 Å². The Morgan fingerprint density at radius 3 is 2.80 bits per heavy atom. The van der Waals surface area contributed by atoms with Crippen molar-refractivity contribution in [2.75, 3.05) is 0 Å². The Morgan fingerprint density at radius 1 is 1.30 bits per heavy atom. The summed E-state index contributed by atoms with van der Waals surface area (Å²) >= 11 is 3.01. The van der Waals surface area contributed by atoms with E-state index in [9.17, 15) is 4.79 Å². The molecule has 5 nitrogen and oxygen atoms in total. The Kier molecular flexibility index (Phi) is 3.54. The Balaban J connectivity index is 1.91. The highest BCUT2D eigenvalue weighted by Crippen LogP contribution is 2.26. The van der Waals surface area contributed by atoms with Crippen molar-refractivity contribution in [3.8, 4) is 0 Å². The van der Waals surface area contributed by atoms with Crippen molar-refractivity contribution in [3.05, 3.63) is 45.1 Å². The molecule has 0 spiro atoms. The van der Waals surface area contributed by atoms with Crippen LogP contribution < -0.4 is 5.56 Å². The number of H-pyrrole nitrogens is 1. The summed E-state index contributed by atoms with van der Waals surface area (Å²) in [7, 11) is 0. The van der Waals surface area contributed by atoms with Crippen LogP contribution in [0.2, 0.25) is 0 Å². The van der Waals surface area contributed by atoms with Gasteiger partial charge in [0, 0.05) is 17.3 Å². The second-order valence-electron chi connectivity index (χ2n) is 4.30. The summed E-state index contributed by atoms with van der Waals surface area (Å²) in [6.07, 6.45) is 3.39. The third-order valence-electron chi connectivity index (χ3n) is 2.97. The zero-order chi connectivity index (χ0) is 14.1. The van der Waals surface area contributed by atoms with Crippen LogP contribution in [0.1, 0.15) is 16.3 Å². The summed E-state index contributed by atoms with van der Waals surface area (Å²) in [4.78, 5) is 29.7. The summed E-state index contributed by atoms with van der Waals surface area (Å²) in [6, 6.07) is 1.77. The molecule has 0 unspecified atom stereocenters. The van der Waals surface area contributed by atoms with Gasteiger partial charge in [-0.15, -0.1) is 11.3 Å². The molecule has 0 aromatic carbocycles. The molecule has 3 aromatic heterocycles. The Morgan fingerprint density at radius 2 is 2.05 bits per heavy atom. The lowest BCUT2D eigenvalue weighted by atomic mass is 10.2. The first-order valence-corrected chi connectivity index (χ1v) is 7.84. The average molecular weight is 304 g/mol. The molecule has 0 fully saturated rings. The van der Waals surface area contributed by atoms with Crippen molar-refractivity contribution in [1.82, 2.24) is 19.9 Å². The van der Waals surface area contributed by atoms with Crippen molar-refractivity contribution in [2.45, 2.75) is 24.8 Å². The molecule has 20 heavy (non-hydrogen) atoms. The standard InChI is InChI=1S/C13H12N4OS2/c1-7-8(2)20-12-10(7)11(18)16-9(17-12)6-19-13-14-4-3-5-15-13/h3-5H,6H2,1-2H3,(H,16,17,18). The van der Waals surface area contributed by atoms with Gasteiger partial charge in [-0.3, -0.25) is 4.79 Å². The molecule has 0 saturated heterocycles. The van der Waals surface area contributed by atoms with E-state index in [1.807, 2.05) is 13.8 Å². The number of aromatic amines is 1. The highest BCUT2D eigenvalue weighted by Gasteiger charge is 2.12. The molecule has 3 heterocycles. The summed E-state index contributed by atoms with van der Waals surface area (Å²) in [5, 5.41) is 1.38. The van der Waals surface area contributed by atoms with E-state index in [0.29, 0.717) is 22.1 Å². The first-order chi connectivity index (χ1) is 9.65. The summed E-state index contributed by atoms with van der Waals surface area (Å²) in [5.41, 5.74) is 0.950. The van der Waals surface area contributed by atoms with Crippen LogP contribution in [-0.4, -0.2) is 19.9 Å². The van der Waals surface area contributed by atoms with E-state index in [1.54, 1.807) is 29.8 Å². The van der Waals surface area contributed by atoms with E-state index in [-0.39, 0.29) is 5.56 Å². The maximum absolute atomic E-state index is 12.1. The van der Waals surface area contributed by atoms with Gasteiger partial charge in [0.15, 0.2) is 5.16 Å². The number of hydrogen-bond donors (Lipinski definition) is 1. The molecule has 3 rings (SSSR count). The van der Waals surface area contributed by atoms with E-state index in [4.69, 9.17) is 0 Å². The predicted molar refractivity (Wildman–Crippen MR) is 81.3 cm³/mol. The summed E-state index contributed by atoms with van der Waals surface area (Å²) in [6.45, 7) is 3.96. The van der Waals surface area contributed by atoms with Gasteiger partial charge in [0.2, 0.25) is 0 Å². The molecule has 3 aromatic rings. The number of rotatable bonds is 3. The normalized spacial score (nSPS) is 11.1. The van der Waals surface area contributed by atoms with E-state index in [2.05, 4.69) is 19.9 Å². The summed E-state index contributed by atoms with van der Waals surface area (Å²) < 4.78 is 0. The van der Waals surface area contributed by atoms with Gasteiger partial charge in [0.25, 0.3) is 5.56 Å². The first-order valence-electron chi connectivity index (χ1n) is 6.04. The molecule has 0 atom stereocenters. The molecule has 0 aliphatic carbocycles. The van der Waals surface area contributed by atoms with E-state index in [0.717, 1.165) is 15.3 Å². The zero-order valence-corrected chi connectivity index (χ0v) is 12.6. The van der Waals surface area contributed by atoms with E-state index in [1.165, 1.54) is 11.8 Å². The molecule has 0 aliphatic rings. The number of nitrogens with zero attached hydrogens (tertiary/aromatic N) is 3. The van der Waals surface area contributed by atoms with Crippen LogP contribution in [0.3, 0.4) is 0 Å². The zero-order valence-electron chi connectivity index (χ0n) is 11.0. The smallest absolute Gasteiger partial charge is 0.259 e. The number of thiophene rings is 1. The predicted octanol–water partition coefficient (Wildman–Crippen LogP) is 2.68. The average Bonchev–Trinajstić information content (AvgIpc) is 2.73. The van der Waals surface area contributed by atoms with E-state index >= 15 is 0 Å². The highest BCUT2D eigenvalue weighted by molar-refractivity contribution is 7.98. The molecular formula is C13H12N4OS2. The van der Waals surface area contributed by atoms with Crippen molar-refractivity contribution < 1.29 is 0 Å². The van der Waals surface area contributed by atoms with Crippen LogP contribution in [0.25, 0.3) is 10.2 Å². The lowest BCUT2D eigenvalue weighted by molar-refractivity contribution is 0.959. The molecule has 0 radical (unpaired) electrons. The maximum atomic E-state index is 12.1. The van der Waals surface area contributed by atoms with Crippen LogP contribution in [0.4, 0.5) is 0 Å². The van der Waals surface area contributed by atoms with Crippen molar-refractivity contribution >= 4 is 33.3 Å². The van der Waals surface area contributed by atoms with Crippen molar-refractivity contribution in [1.29, 1.82) is 0 Å². The fraction of sp³-hybridized carbons (Fsp3) is 0.231. The number of aromatic nitrogens is 4. The van der Waals surface area contributed by atoms with Crippen LogP contribution in [0.5, 0.6) is 0 Å². The monoisotopic (exact) mass is 304 g/mol. The van der Waals surface area contributed by atoms with Gasteiger partial charge in [0.1, 0.15) is 10.7 Å². The quantitative estimate of drug-likeness (QED) is 0.595. The van der Waals surface area contributed by atoms with Crippen LogP contribution in [0, 0.1) is 13.8 Å². The second-order valence-corrected chi connectivity index (χ2v) is 6.44. The Labute approximate surface area is 123 Å². The van der Waals surface area contributed by atoms with E-state index < -0.39 is 0 Å². The third-order valence-corrected chi connectivity index (χ3v) is 4.96. The summed E-state index contributed by atoms with van der Waals surface area (Å²) in [5.74, 6) is 1.20. The first kappa shape index (κ1) is 13.3. The minimum absolute atomic E-state index is 0.0681. The lowest BCUT2D eigenvalue weighted by Gasteiger charge is -2.00.